The molecule has 0 aliphatic rings. The molecule has 0 saturated heterocycles. The second-order valence-electron chi connectivity index (χ2n) is 3.54. The van der Waals surface area contributed by atoms with Crippen molar-refractivity contribution in [3.63, 3.8) is 0 Å². The van der Waals surface area contributed by atoms with Crippen LogP contribution >= 0.6 is 43.5 Å². The zero-order chi connectivity index (χ0) is 13.1. The fourth-order valence-corrected chi connectivity index (χ4v) is 2.17. The van der Waals surface area contributed by atoms with Crippen LogP contribution in [0.4, 0.5) is 0 Å². The lowest BCUT2D eigenvalue weighted by Gasteiger charge is -2.07. The standard InChI is InChI=1S/C12H9Br2ClN2O/c1-18-6-9-10(14)11(15)17-12(16-9)7-2-4-8(13)5-3-7/h2-5H,6H2,1H3. The van der Waals surface area contributed by atoms with Crippen LogP contribution < -0.4 is 0 Å². The first-order valence-corrected chi connectivity index (χ1v) is 7.05. The molecule has 1 aromatic carbocycles. The van der Waals surface area contributed by atoms with Crippen molar-refractivity contribution >= 4 is 43.5 Å². The van der Waals surface area contributed by atoms with E-state index in [9.17, 15) is 0 Å². The summed E-state index contributed by atoms with van der Waals surface area (Å²) >= 11 is 12.8. The molecular weight excluding hydrogens is 383 g/mol. The first-order chi connectivity index (χ1) is 8.61. The maximum absolute atomic E-state index is 6.07. The van der Waals surface area contributed by atoms with E-state index >= 15 is 0 Å². The molecule has 0 unspecified atom stereocenters. The van der Waals surface area contributed by atoms with Gasteiger partial charge in [0.1, 0.15) is 5.15 Å². The van der Waals surface area contributed by atoms with Gasteiger partial charge in [-0.15, -0.1) is 0 Å². The van der Waals surface area contributed by atoms with Crippen LogP contribution in [0.25, 0.3) is 11.4 Å². The van der Waals surface area contributed by atoms with Gasteiger partial charge in [-0.05, 0) is 28.1 Å². The SMILES string of the molecule is COCc1nc(-c2ccc(Br)cc2)nc(Cl)c1Br. The van der Waals surface area contributed by atoms with Gasteiger partial charge in [-0.3, -0.25) is 0 Å². The molecule has 0 aliphatic carbocycles. The molecular formula is C12H9Br2ClN2O. The number of halogens is 3. The summed E-state index contributed by atoms with van der Waals surface area (Å²) in [4.78, 5) is 8.69. The Hall–Kier alpha value is -0.490. The van der Waals surface area contributed by atoms with Gasteiger partial charge in [0.05, 0.1) is 16.8 Å². The average Bonchev–Trinajstić information content (AvgIpc) is 2.36. The van der Waals surface area contributed by atoms with Gasteiger partial charge in [-0.1, -0.05) is 39.7 Å². The van der Waals surface area contributed by atoms with Gasteiger partial charge in [-0.25, -0.2) is 9.97 Å². The van der Waals surface area contributed by atoms with Gasteiger partial charge in [0.2, 0.25) is 0 Å². The van der Waals surface area contributed by atoms with E-state index in [4.69, 9.17) is 16.3 Å². The highest BCUT2D eigenvalue weighted by Gasteiger charge is 2.11. The van der Waals surface area contributed by atoms with E-state index in [1.54, 1.807) is 7.11 Å². The molecule has 0 aliphatic heterocycles. The van der Waals surface area contributed by atoms with Crippen molar-refractivity contribution in [1.29, 1.82) is 0 Å². The second kappa shape index (κ2) is 6.10. The summed E-state index contributed by atoms with van der Waals surface area (Å²) in [6.45, 7) is 0.381. The van der Waals surface area contributed by atoms with Gasteiger partial charge < -0.3 is 4.74 Å². The van der Waals surface area contributed by atoms with Gasteiger partial charge in [-0.2, -0.15) is 0 Å². The molecule has 18 heavy (non-hydrogen) atoms. The van der Waals surface area contributed by atoms with Crippen LogP contribution in [-0.4, -0.2) is 17.1 Å². The number of benzene rings is 1. The summed E-state index contributed by atoms with van der Waals surface area (Å²) in [5, 5.41) is 0.384. The minimum Gasteiger partial charge on any atom is -0.378 e. The predicted molar refractivity (Wildman–Crippen MR) is 78.6 cm³/mol. The second-order valence-corrected chi connectivity index (χ2v) is 5.61. The highest BCUT2D eigenvalue weighted by Crippen LogP contribution is 2.27. The summed E-state index contributed by atoms with van der Waals surface area (Å²) in [5.41, 5.74) is 1.64. The topological polar surface area (TPSA) is 35.0 Å². The van der Waals surface area contributed by atoms with Crippen LogP contribution in [0.5, 0.6) is 0 Å². The summed E-state index contributed by atoms with van der Waals surface area (Å²) in [6.07, 6.45) is 0. The Kier molecular flexibility index (Phi) is 4.72. The maximum Gasteiger partial charge on any atom is 0.161 e. The number of hydrogen-bond donors (Lipinski definition) is 0. The first-order valence-electron chi connectivity index (χ1n) is 5.08. The molecule has 2 rings (SSSR count). The average molecular weight is 392 g/mol. The van der Waals surface area contributed by atoms with Gasteiger partial charge in [0.25, 0.3) is 0 Å². The van der Waals surface area contributed by atoms with Gasteiger partial charge in [0.15, 0.2) is 5.82 Å². The quantitative estimate of drug-likeness (QED) is 0.723. The summed E-state index contributed by atoms with van der Waals surface area (Å²) in [7, 11) is 1.61. The zero-order valence-electron chi connectivity index (χ0n) is 9.45. The number of methoxy groups -OCH3 is 1. The molecule has 6 heteroatoms. The first kappa shape index (κ1) is 13.9. The molecule has 2 aromatic rings. The normalized spacial score (nSPS) is 10.7. The minimum atomic E-state index is 0.381. The fraction of sp³-hybridized carbons (Fsp3) is 0.167. The Morgan fingerprint density at radius 3 is 2.44 bits per heavy atom. The third kappa shape index (κ3) is 3.09. The summed E-state index contributed by atoms with van der Waals surface area (Å²) in [5.74, 6) is 0.586. The lowest BCUT2D eigenvalue weighted by molar-refractivity contribution is 0.181. The predicted octanol–water partition coefficient (Wildman–Crippen LogP) is 4.47. The zero-order valence-corrected chi connectivity index (χ0v) is 13.4. The Balaban J connectivity index is 2.48. The molecule has 0 spiro atoms. The maximum atomic E-state index is 6.07. The molecule has 0 amide bonds. The van der Waals surface area contributed by atoms with Crippen molar-refractivity contribution in [2.75, 3.05) is 7.11 Å². The smallest absolute Gasteiger partial charge is 0.161 e. The van der Waals surface area contributed by atoms with Crippen molar-refractivity contribution in [3.05, 3.63) is 44.1 Å². The molecule has 0 radical (unpaired) electrons. The fourth-order valence-electron chi connectivity index (χ4n) is 1.42. The van der Waals surface area contributed by atoms with E-state index in [0.717, 1.165) is 15.7 Å². The summed E-state index contributed by atoms with van der Waals surface area (Å²) < 4.78 is 6.77. The molecule has 1 heterocycles. The van der Waals surface area contributed by atoms with Crippen LogP contribution in [0, 0.1) is 0 Å². The number of nitrogens with zero attached hydrogens (tertiary/aromatic N) is 2. The third-order valence-electron chi connectivity index (χ3n) is 2.26. The largest absolute Gasteiger partial charge is 0.378 e. The van der Waals surface area contributed by atoms with Crippen molar-refractivity contribution in [2.45, 2.75) is 6.61 Å². The van der Waals surface area contributed by atoms with Crippen molar-refractivity contribution < 1.29 is 4.74 Å². The Labute approximate surface area is 127 Å². The molecule has 0 saturated carbocycles. The minimum absolute atomic E-state index is 0.381. The molecule has 3 nitrogen and oxygen atoms in total. The number of rotatable bonds is 3. The van der Waals surface area contributed by atoms with E-state index in [2.05, 4.69) is 41.8 Å². The van der Waals surface area contributed by atoms with E-state index in [-0.39, 0.29) is 0 Å². The molecule has 1 aromatic heterocycles. The monoisotopic (exact) mass is 390 g/mol. The van der Waals surface area contributed by atoms with Crippen LogP contribution in [0.1, 0.15) is 5.69 Å². The van der Waals surface area contributed by atoms with E-state index < -0.39 is 0 Å². The van der Waals surface area contributed by atoms with Crippen molar-refractivity contribution in [1.82, 2.24) is 9.97 Å². The summed E-state index contributed by atoms with van der Waals surface area (Å²) in [6, 6.07) is 7.73. The Bertz CT molecular complexity index is 561. The van der Waals surface area contributed by atoms with Gasteiger partial charge in [0, 0.05) is 17.1 Å². The number of aromatic nitrogens is 2. The molecule has 94 valence electrons. The van der Waals surface area contributed by atoms with Crippen LogP contribution in [-0.2, 0) is 11.3 Å². The lowest BCUT2D eigenvalue weighted by Crippen LogP contribution is -1.99. The number of ether oxygens (including phenoxy) is 1. The van der Waals surface area contributed by atoms with Crippen LogP contribution in [0.15, 0.2) is 33.2 Å². The van der Waals surface area contributed by atoms with Crippen molar-refractivity contribution in [3.8, 4) is 11.4 Å². The van der Waals surface area contributed by atoms with E-state index in [0.29, 0.717) is 22.1 Å². The third-order valence-corrected chi connectivity index (χ3v) is 4.13. The van der Waals surface area contributed by atoms with Crippen LogP contribution in [0.2, 0.25) is 5.15 Å². The Morgan fingerprint density at radius 1 is 1.17 bits per heavy atom. The van der Waals surface area contributed by atoms with Crippen molar-refractivity contribution in [2.24, 2.45) is 0 Å². The Morgan fingerprint density at radius 2 is 1.83 bits per heavy atom. The highest BCUT2D eigenvalue weighted by atomic mass is 79.9. The lowest BCUT2D eigenvalue weighted by atomic mass is 10.2. The van der Waals surface area contributed by atoms with Crippen LogP contribution in [0.3, 0.4) is 0 Å². The van der Waals surface area contributed by atoms with Gasteiger partial charge >= 0.3 is 0 Å². The van der Waals surface area contributed by atoms with E-state index in [1.165, 1.54) is 0 Å². The van der Waals surface area contributed by atoms with E-state index in [1.807, 2.05) is 24.3 Å². The molecule has 0 N–H and O–H groups in total. The highest BCUT2D eigenvalue weighted by molar-refractivity contribution is 9.10. The number of hydrogen-bond acceptors (Lipinski definition) is 3. The molecule has 0 fully saturated rings. The molecule has 0 bridgehead atoms. The molecule has 0 atom stereocenters.